The van der Waals surface area contributed by atoms with Crippen molar-refractivity contribution < 1.29 is 9.66 Å². The summed E-state index contributed by atoms with van der Waals surface area (Å²) >= 11 is 0. The van der Waals surface area contributed by atoms with Crippen LogP contribution in [0.1, 0.15) is 19.4 Å². The van der Waals surface area contributed by atoms with Crippen molar-refractivity contribution in [3.63, 3.8) is 0 Å². The van der Waals surface area contributed by atoms with E-state index in [1.54, 1.807) is 18.3 Å². The molecule has 1 aliphatic heterocycles. The maximum Gasteiger partial charge on any atom is 0.297 e. The highest BCUT2D eigenvalue weighted by Crippen LogP contribution is 2.46. The van der Waals surface area contributed by atoms with E-state index in [0.29, 0.717) is 11.4 Å². The van der Waals surface area contributed by atoms with Gasteiger partial charge in [-0.25, -0.2) is 0 Å². The van der Waals surface area contributed by atoms with Gasteiger partial charge in [-0.05, 0) is 29.8 Å². The smallest absolute Gasteiger partial charge is 0.297 e. The summed E-state index contributed by atoms with van der Waals surface area (Å²) < 4.78 is 5.03. The Balaban J connectivity index is 1.82. The fourth-order valence-corrected chi connectivity index (χ4v) is 3.40. The van der Waals surface area contributed by atoms with Gasteiger partial charge in [0.15, 0.2) is 0 Å². The lowest BCUT2D eigenvalue weighted by Gasteiger charge is -2.23. The number of methoxy groups -OCH3 is 1. The molecule has 140 valence electrons. The van der Waals surface area contributed by atoms with E-state index in [0.717, 1.165) is 5.70 Å². The number of benzene rings is 2. The fourth-order valence-electron chi connectivity index (χ4n) is 3.40. The summed E-state index contributed by atoms with van der Waals surface area (Å²) in [6, 6.07) is 12.9. The number of nitrogens with zero attached hydrogens (tertiary/aromatic N) is 3. The Kier molecular flexibility index (Phi) is 4.85. The van der Waals surface area contributed by atoms with Gasteiger partial charge < -0.3 is 9.64 Å². The molecular weight excluding hydrogens is 344 g/mol. The van der Waals surface area contributed by atoms with Gasteiger partial charge in [0.05, 0.1) is 18.1 Å². The summed E-state index contributed by atoms with van der Waals surface area (Å²) in [5.74, 6) is 0.422. The van der Waals surface area contributed by atoms with Crippen LogP contribution in [0.5, 0.6) is 5.75 Å². The Hall–Kier alpha value is -3.35. The molecule has 27 heavy (non-hydrogen) atoms. The fraction of sp³-hybridized carbons (Fsp3) is 0.250. The zero-order valence-electron chi connectivity index (χ0n) is 15.8. The lowest BCUT2D eigenvalue weighted by molar-refractivity contribution is -0.384. The van der Waals surface area contributed by atoms with E-state index in [1.165, 1.54) is 24.4 Å². The van der Waals surface area contributed by atoms with Gasteiger partial charge in [0.2, 0.25) is 0 Å². The van der Waals surface area contributed by atoms with Gasteiger partial charge >= 0.3 is 0 Å². The molecule has 2 aromatic rings. The number of hydrogen-bond acceptors (Lipinski definition) is 6. The molecule has 1 heterocycles. The van der Waals surface area contributed by atoms with E-state index in [-0.39, 0.29) is 11.1 Å². The molecule has 0 aromatic heterocycles. The Bertz CT molecular complexity index is 935. The van der Waals surface area contributed by atoms with E-state index in [4.69, 9.17) is 4.74 Å². The second-order valence-electron chi connectivity index (χ2n) is 6.78. The lowest BCUT2D eigenvalue weighted by atomic mass is 9.84. The third-order valence-corrected chi connectivity index (χ3v) is 4.83. The minimum atomic E-state index is -0.469. The SMILES string of the molecule is COc1ccc(NN=CC=C2N(C)c3ccccc3C2(C)C)c([N+](=O)[O-])c1. The lowest BCUT2D eigenvalue weighted by Crippen LogP contribution is -2.23. The molecule has 0 bridgehead atoms. The highest BCUT2D eigenvalue weighted by Gasteiger charge is 2.37. The van der Waals surface area contributed by atoms with Crippen LogP contribution < -0.4 is 15.1 Å². The Morgan fingerprint density at radius 1 is 1.26 bits per heavy atom. The van der Waals surface area contributed by atoms with Crippen LogP contribution in [-0.2, 0) is 5.41 Å². The molecule has 7 nitrogen and oxygen atoms in total. The largest absolute Gasteiger partial charge is 0.496 e. The van der Waals surface area contributed by atoms with Crippen LogP contribution in [0.4, 0.5) is 17.1 Å². The van der Waals surface area contributed by atoms with Crippen LogP contribution in [0.25, 0.3) is 0 Å². The number of nitro groups is 1. The highest BCUT2D eigenvalue weighted by molar-refractivity contribution is 5.80. The van der Waals surface area contributed by atoms with Gasteiger partial charge in [-0.3, -0.25) is 15.5 Å². The molecule has 0 spiro atoms. The molecular formula is C20H22N4O3. The second-order valence-corrected chi connectivity index (χ2v) is 6.78. The predicted molar refractivity (Wildman–Crippen MR) is 108 cm³/mol. The molecule has 0 unspecified atom stereocenters. The Labute approximate surface area is 158 Å². The average molecular weight is 366 g/mol. The number of fused-ring (bicyclic) bond motifs is 1. The standard InChI is InChI=1S/C20H22N4O3/c1-20(2)15-7-5-6-8-17(15)23(3)19(20)11-12-21-22-16-10-9-14(27-4)13-18(16)24(25)26/h5-13,22H,1-4H3. The maximum absolute atomic E-state index is 11.2. The van der Waals surface area contributed by atoms with Crippen molar-refractivity contribution in [2.75, 3.05) is 24.5 Å². The number of nitro benzene ring substituents is 1. The van der Waals surface area contributed by atoms with Crippen molar-refractivity contribution >= 4 is 23.3 Å². The molecule has 0 amide bonds. The first-order valence-electron chi connectivity index (χ1n) is 8.51. The average Bonchev–Trinajstić information content (AvgIpc) is 2.85. The minimum Gasteiger partial charge on any atom is -0.496 e. The summed E-state index contributed by atoms with van der Waals surface area (Å²) in [4.78, 5) is 12.9. The third kappa shape index (κ3) is 3.36. The number of rotatable bonds is 5. The first kappa shape index (κ1) is 18.4. The number of hydrazone groups is 1. The van der Waals surface area contributed by atoms with Gasteiger partial charge in [0.1, 0.15) is 11.4 Å². The van der Waals surface area contributed by atoms with Gasteiger partial charge in [0, 0.05) is 30.1 Å². The van der Waals surface area contributed by atoms with Crippen LogP contribution in [0, 0.1) is 10.1 Å². The van der Waals surface area contributed by atoms with E-state index in [1.807, 2.05) is 25.3 Å². The van der Waals surface area contributed by atoms with E-state index in [9.17, 15) is 10.1 Å². The number of likely N-dealkylation sites (N-methyl/N-ethyl adjacent to an activating group) is 1. The molecule has 3 rings (SSSR count). The quantitative estimate of drug-likeness (QED) is 0.484. The summed E-state index contributed by atoms with van der Waals surface area (Å²) in [5, 5.41) is 15.4. The molecule has 0 radical (unpaired) electrons. The molecule has 1 aliphatic rings. The number of hydrogen-bond donors (Lipinski definition) is 1. The van der Waals surface area contributed by atoms with Crippen molar-refractivity contribution in [2.45, 2.75) is 19.3 Å². The third-order valence-electron chi connectivity index (χ3n) is 4.83. The summed E-state index contributed by atoms with van der Waals surface area (Å²) in [6.07, 6.45) is 3.54. The van der Waals surface area contributed by atoms with Crippen LogP contribution in [0.2, 0.25) is 0 Å². The van der Waals surface area contributed by atoms with E-state index >= 15 is 0 Å². The molecule has 0 fully saturated rings. The number of nitrogens with one attached hydrogen (secondary N) is 1. The van der Waals surface area contributed by atoms with Crippen molar-refractivity contribution in [1.82, 2.24) is 0 Å². The topological polar surface area (TPSA) is 80.0 Å². The minimum absolute atomic E-state index is 0.0927. The molecule has 0 saturated heterocycles. The molecule has 0 aliphatic carbocycles. The van der Waals surface area contributed by atoms with Crippen LogP contribution in [0.15, 0.2) is 59.3 Å². The zero-order chi connectivity index (χ0) is 19.6. The molecule has 7 heteroatoms. The second kappa shape index (κ2) is 7.11. The highest BCUT2D eigenvalue weighted by atomic mass is 16.6. The van der Waals surface area contributed by atoms with Gasteiger partial charge in [0.25, 0.3) is 5.69 Å². The van der Waals surface area contributed by atoms with E-state index in [2.05, 4.69) is 41.4 Å². The van der Waals surface area contributed by atoms with Gasteiger partial charge in [-0.15, -0.1) is 0 Å². The predicted octanol–water partition coefficient (Wildman–Crippen LogP) is 4.31. The Morgan fingerprint density at radius 2 is 2.00 bits per heavy atom. The van der Waals surface area contributed by atoms with E-state index < -0.39 is 4.92 Å². The number of anilines is 2. The summed E-state index contributed by atoms with van der Waals surface area (Å²) in [5.41, 5.74) is 6.32. The number of allylic oxidation sites excluding steroid dienone is 2. The van der Waals surface area contributed by atoms with Gasteiger partial charge in [-0.2, -0.15) is 5.10 Å². The molecule has 2 aromatic carbocycles. The molecule has 0 saturated carbocycles. The Morgan fingerprint density at radius 3 is 2.67 bits per heavy atom. The van der Waals surface area contributed by atoms with Crippen molar-refractivity contribution in [3.05, 3.63) is 69.9 Å². The molecule has 1 N–H and O–H groups in total. The van der Waals surface area contributed by atoms with Crippen LogP contribution >= 0.6 is 0 Å². The first-order chi connectivity index (χ1) is 12.9. The normalized spacial score (nSPS) is 16.6. The number of para-hydroxylation sites is 1. The van der Waals surface area contributed by atoms with Gasteiger partial charge in [-0.1, -0.05) is 32.0 Å². The summed E-state index contributed by atoms with van der Waals surface area (Å²) in [6.45, 7) is 4.33. The van der Waals surface area contributed by atoms with Crippen LogP contribution in [0.3, 0.4) is 0 Å². The van der Waals surface area contributed by atoms with Crippen LogP contribution in [-0.4, -0.2) is 25.3 Å². The summed E-state index contributed by atoms with van der Waals surface area (Å²) in [7, 11) is 3.49. The zero-order valence-corrected chi connectivity index (χ0v) is 15.8. The molecule has 0 atom stereocenters. The first-order valence-corrected chi connectivity index (χ1v) is 8.51. The monoisotopic (exact) mass is 366 g/mol. The maximum atomic E-state index is 11.2. The number of ether oxygens (including phenoxy) is 1. The van der Waals surface area contributed by atoms with Crippen molar-refractivity contribution in [2.24, 2.45) is 5.10 Å². The van der Waals surface area contributed by atoms with Crippen molar-refractivity contribution in [3.8, 4) is 5.75 Å². The van der Waals surface area contributed by atoms with Crippen molar-refractivity contribution in [1.29, 1.82) is 0 Å².